The highest BCUT2D eigenvalue weighted by atomic mass is 14.8. The summed E-state index contributed by atoms with van der Waals surface area (Å²) < 4.78 is 0. The minimum Gasteiger partial charge on any atom is -0.277 e. The molecule has 0 amide bonds. The maximum absolute atomic E-state index is 8.12. The summed E-state index contributed by atoms with van der Waals surface area (Å²) in [6.07, 6.45) is 1.35. The summed E-state index contributed by atoms with van der Waals surface area (Å²) in [6, 6.07) is 1.86. The molecule has 0 saturated carbocycles. The molecule has 0 radical (unpaired) electrons. The van der Waals surface area contributed by atoms with E-state index in [0.717, 1.165) is 0 Å². The summed E-state index contributed by atoms with van der Waals surface area (Å²) in [4.78, 5) is 7.18. The lowest BCUT2D eigenvalue weighted by Crippen LogP contribution is -1.82. The van der Waals surface area contributed by atoms with E-state index in [1.54, 1.807) is 14.0 Å². The molecule has 0 aliphatic heterocycles. The molecule has 0 aliphatic rings. The summed E-state index contributed by atoms with van der Waals surface area (Å²) in [5.74, 6) is 0. The van der Waals surface area contributed by atoms with Crippen LogP contribution in [-0.4, -0.2) is 19.1 Å². The minimum absolute atomic E-state index is 0.426. The van der Waals surface area contributed by atoms with Crippen LogP contribution in [-0.2, 0) is 0 Å². The molecule has 0 unspecified atom stereocenters. The largest absolute Gasteiger partial charge is 0.277 e. The highest BCUT2D eigenvalue weighted by Gasteiger charge is 1.77. The Labute approximate surface area is 48.4 Å². The molecule has 0 aromatic carbocycles. The van der Waals surface area contributed by atoms with E-state index >= 15 is 0 Å². The Kier molecular flexibility index (Phi) is 3.42. The van der Waals surface area contributed by atoms with Crippen LogP contribution in [0.2, 0.25) is 0 Å². The zero-order valence-corrected chi connectivity index (χ0v) is 4.92. The van der Waals surface area contributed by atoms with Crippen LogP contribution >= 0.6 is 0 Å². The van der Waals surface area contributed by atoms with E-state index in [-0.39, 0.29) is 0 Å². The smallest absolute Gasteiger partial charge is 0.116 e. The average molecular weight is 109 g/mol. The van der Waals surface area contributed by atoms with E-state index in [4.69, 9.17) is 5.26 Å². The molecule has 0 saturated heterocycles. The molecule has 8 heavy (non-hydrogen) atoms. The van der Waals surface area contributed by atoms with Crippen molar-refractivity contribution < 1.29 is 0 Å². The van der Waals surface area contributed by atoms with Crippen molar-refractivity contribution >= 4 is 12.1 Å². The fourth-order valence-electron chi connectivity index (χ4n) is 0.173. The summed E-state index contributed by atoms with van der Waals surface area (Å²) in [5, 5.41) is 8.12. The fourth-order valence-corrected chi connectivity index (χ4v) is 0.173. The molecule has 0 spiro atoms. The molecule has 0 heterocycles. The third-order valence-electron chi connectivity index (χ3n) is 0.529. The van der Waals surface area contributed by atoms with Gasteiger partial charge in [0.2, 0.25) is 0 Å². The van der Waals surface area contributed by atoms with Gasteiger partial charge in [0, 0.05) is 7.05 Å². The lowest BCUT2D eigenvalue weighted by molar-refractivity contribution is 1.44. The van der Waals surface area contributed by atoms with Gasteiger partial charge < -0.3 is 0 Å². The zero-order valence-electron chi connectivity index (χ0n) is 4.92. The van der Waals surface area contributed by atoms with E-state index in [1.807, 2.05) is 6.07 Å². The van der Waals surface area contributed by atoms with Crippen molar-refractivity contribution in [1.29, 1.82) is 5.26 Å². The standard InChI is InChI=1S/C5H7N3/c1-5(3-6)8-4-7-2/h4H,1-2H3. The summed E-state index contributed by atoms with van der Waals surface area (Å²) in [6.45, 7) is 1.63. The molecule has 0 aromatic heterocycles. The first-order valence-corrected chi connectivity index (χ1v) is 2.16. The molecule has 0 aliphatic carbocycles. The number of rotatable bonds is 1. The lowest BCUT2D eigenvalue weighted by Gasteiger charge is -1.74. The predicted octanol–water partition coefficient (Wildman–Crippen LogP) is 0.629. The Morgan fingerprint density at radius 3 is 2.75 bits per heavy atom. The highest BCUT2D eigenvalue weighted by Crippen LogP contribution is 1.68. The molecule has 0 aromatic rings. The number of nitrogens with zero attached hydrogens (tertiary/aromatic N) is 3. The first kappa shape index (κ1) is 6.83. The SMILES string of the molecule is CN=CN=C(C)C#N. The van der Waals surface area contributed by atoms with Crippen LogP contribution in [0.15, 0.2) is 9.98 Å². The summed E-state index contributed by atoms with van der Waals surface area (Å²) in [7, 11) is 1.61. The normalized spacial score (nSPS) is 11.9. The van der Waals surface area contributed by atoms with E-state index < -0.39 is 0 Å². The van der Waals surface area contributed by atoms with Gasteiger partial charge in [-0.3, -0.25) is 4.99 Å². The van der Waals surface area contributed by atoms with Crippen molar-refractivity contribution in [3.05, 3.63) is 0 Å². The Morgan fingerprint density at radius 2 is 2.38 bits per heavy atom. The van der Waals surface area contributed by atoms with Crippen LogP contribution in [0.3, 0.4) is 0 Å². The molecule has 0 bridgehead atoms. The molecule has 0 fully saturated rings. The molecular weight excluding hydrogens is 102 g/mol. The van der Waals surface area contributed by atoms with Crippen molar-refractivity contribution in [3.63, 3.8) is 0 Å². The quantitative estimate of drug-likeness (QED) is 0.360. The molecular formula is C5H7N3. The van der Waals surface area contributed by atoms with Gasteiger partial charge in [0.05, 0.1) is 0 Å². The van der Waals surface area contributed by atoms with Crippen LogP contribution in [0.25, 0.3) is 0 Å². The Hall–Kier alpha value is -1.17. The molecule has 0 atom stereocenters. The number of aliphatic imine (C=N–C) groups is 2. The van der Waals surface area contributed by atoms with Gasteiger partial charge in [-0.15, -0.1) is 0 Å². The van der Waals surface area contributed by atoms with Gasteiger partial charge in [-0.25, -0.2) is 4.99 Å². The summed E-state index contributed by atoms with van der Waals surface area (Å²) >= 11 is 0. The lowest BCUT2D eigenvalue weighted by atomic mass is 10.5. The molecule has 3 heteroatoms. The monoisotopic (exact) mass is 109 g/mol. The molecule has 0 N–H and O–H groups in total. The van der Waals surface area contributed by atoms with E-state index in [1.165, 1.54) is 6.34 Å². The van der Waals surface area contributed by atoms with Gasteiger partial charge in [-0.1, -0.05) is 0 Å². The fraction of sp³-hybridized carbons (Fsp3) is 0.400. The Morgan fingerprint density at radius 1 is 1.75 bits per heavy atom. The van der Waals surface area contributed by atoms with Crippen molar-refractivity contribution in [2.45, 2.75) is 6.92 Å². The third kappa shape index (κ3) is 3.04. The summed E-state index contributed by atoms with van der Waals surface area (Å²) in [5.41, 5.74) is 0.426. The second kappa shape index (κ2) is 4.00. The predicted molar refractivity (Wildman–Crippen MR) is 33.1 cm³/mol. The van der Waals surface area contributed by atoms with Gasteiger partial charge in [-0.05, 0) is 6.92 Å². The van der Waals surface area contributed by atoms with Crippen LogP contribution in [0.1, 0.15) is 6.92 Å². The van der Waals surface area contributed by atoms with Crippen molar-refractivity contribution in [3.8, 4) is 6.07 Å². The zero-order chi connectivity index (χ0) is 6.41. The van der Waals surface area contributed by atoms with Gasteiger partial charge in [-0.2, -0.15) is 5.26 Å². The van der Waals surface area contributed by atoms with Crippen LogP contribution in [0, 0.1) is 11.3 Å². The van der Waals surface area contributed by atoms with Crippen molar-refractivity contribution in [2.75, 3.05) is 7.05 Å². The number of nitriles is 1. The van der Waals surface area contributed by atoms with Gasteiger partial charge in [0.25, 0.3) is 0 Å². The minimum atomic E-state index is 0.426. The number of hydrogen-bond donors (Lipinski definition) is 0. The third-order valence-corrected chi connectivity index (χ3v) is 0.529. The maximum atomic E-state index is 8.12. The first-order valence-electron chi connectivity index (χ1n) is 2.16. The van der Waals surface area contributed by atoms with Crippen LogP contribution < -0.4 is 0 Å². The van der Waals surface area contributed by atoms with Gasteiger partial charge in [0.15, 0.2) is 0 Å². The molecule has 42 valence electrons. The van der Waals surface area contributed by atoms with Crippen molar-refractivity contribution in [2.24, 2.45) is 9.98 Å². The van der Waals surface area contributed by atoms with Gasteiger partial charge in [0.1, 0.15) is 18.1 Å². The van der Waals surface area contributed by atoms with E-state index in [0.29, 0.717) is 5.71 Å². The molecule has 3 nitrogen and oxygen atoms in total. The second-order valence-electron chi connectivity index (χ2n) is 1.20. The Bertz CT molecular complexity index is 150. The number of hydrogen-bond acceptors (Lipinski definition) is 2. The highest BCUT2D eigenvalue weighted by molar-refractivity contribution is 6.00. The Balaban J connectivity index is 3.81. The van der Waals surface area contributed by atoms with Crippen LogP contribution in [0.4, 0.5) is 0 Å². The topological polar surface area (TPSA) is 48.5 Å². The van der Waals surface area contributed by atoms with Crippen LogP contribution in [0.5, 0.6) is 0 Å². The first-order chi connectivity index (χ1) is 3.81. The van der Waals surface area contributed by atoms with Crippen molar-refractivity contribution in [1.82, 2.24) is 0 Å². The van der Waals surface area contributed by atoms with E-state index in [2.05, 4.69) is 9.98 Å². The maximum Gasteiger partial charge on any atom is 0.116 e. The molecule has 0 rings (SSSR count). The average Bonchev–Trinajstić information content (AvgIpc) is 1.83. The second-order valence-corrected chi connectivity index (χ2v) is 1.20. The van der Waals surface area contributed by atoms with Gasteiger partial charge >= 0.3 is 0 Å². The van der Waals surface area contributed by atoms with E-state index in [9.17, 15) is 0 Å².